The molecule has 2 aromatic rings. The Balaban J connectivity index is 2.04. The first-order valence-electron chi connectivity index (χ1n) is 5.69. The molecule has 1 nitrogen and oxygen atoms in total. The van der Waals surface area contributed by atoms with Crippen LogP contribution >= 0.6 is 15.9 Å². The number of aryl methyl sites for hydroxylation is 1. The van der Waals surface area contributed by atoms with Crippen molar-refractivity contribution >= 4 is 21.7 Å². The zero-order valence-electron chi connectivity index (χ0n) is 9.70. The summed E-state index contributed by atoms with van der Waals surface area (Å²) in [5, 5.41) is 0. The molecule has 0 aliphatic heterocycles. The maximum atomic E-state index is 13.6. The quantitative estimate of drug-likeness (QED) is 0.765. The summed E-state index contributed by atoms with van der Waals surface area (Å²) < 4.78 is 14.2. The Morgan fingerprint density at radius 1 is 1.11 bits per heavy atom. The number of Topliss-reactive ketones (excluding diaryl/α,β-unsaturated/α-hetero) is 1. The molecule has 0 aliphatic carbocycles. The Hall–Kier alpha value is -1.48. The molecule has 3 heteroatoms. The highest BCUT2D eigenvalue weighted by Gasteiger charge is 2.11. The normalized spacial score (nSPS) is 10.3. The van der Waals surface area contributed by atoms with Crippen molar-refractivity contribution in [3.8, 4) is 0 Å². The Bertz CT molecular complexity index is 552. The molecule has 2 aromatic carbocycles. The molecule has 0 aliphatic rings. The van der Waals surface area contributed by atoms with Gasteiger partial charge >= 0.3 is 0 Å². The lowest BCUT2D eigenvalue weighted by Gasteiger charge is -2.03. The van der Waals surface area contributed by atoms with E-state index in [1.807, 2.05) is 30.3 Å². The van der Waals surface area contributed by atoms with Crippen molar-refractivity contribution in [3.05, 3.63) is 69.9 Å². The van der Waals surface area contributed by atoms with E-state index in [1.165, 1.54) is 12.1 Å². The summed E-state index contributed by atoms with van der Waals surface area (Å²) in [6.45, 7) is 0. The highest BCUT2D eigenvalue weighted by molar-refractivity contribution is 9.10. The van der Waals surface area contributed by atoms with Gasteiger partial charge in [0, 0.05) is 10.9 Å². The van der Waals surface area contributed by atoms with Crippen LogP contribution in [-0.2, 0) is 6.42 Å². The minimum atomic E-state index is -0.470. The Morgan fingerprint density at radius 3 is 2.50 bits per heavy atom. The van der Waals surface area contributed by atoms with E-state index >= 15 is 0 Å². The van der Waals surface area contributed by atoms with Gasteiger partial charge in [0.05, 0.1) is 5.56 Å². The summed E-state index contributed by atoms with van der Waals surface area (Å²) in [5.74, 6) is -0.633. The minimum Gasteiger partial charge on any atom is -0.294 e. The zero-order valence-corrected chi connectivity index (χ0v) is 11.3. The molecule has 0 saturated heterocycles. The van der Waals surface area contributed by atoms with Crippen LogP contribution < -0.4 is 0 Å². The van der Waals surface area contributed by atoms with Crippen LogP contribution in [0.15, 0.2) is 53.0 Å². The number of ketones is 1. The smallest absolute Gasteiger partial charge is 0.166 e. The molecule has 0 amide bonds. The second-order valence-corrected chi connectivity index (χ2v) is 4.95. The third-order valence-electron chi connectivity index (χ3n) is 2.72. The van der Waals surface area contributed by atoms with Gasteiger partial charge in [-0.05, 0) is 30.2 Å². The number of halogens is 2. The molecular weight excluding hydrogens is 295 g/mol. The van der Waals surface area contributed by atoms with Crippen LogP contribution in [0.5, 0.6) is 0 Å². The average molecular weight is 307 g/mol. The molecule has 0 radical (unpaired) electrons. The number of carbonyl (C=O) groups is 1. The molecule has 0 N–H and O–H groups in total. The van der Waals surface area contributed by atoms with Crippen molar-refractivity contribution in [1.82, 2.24) is 0 Å². The van der Waals surface area contributed by atoms with Gasteiger partial charge in [-0.3, -0.25) is 4.79 Å². The van der Waals surface area contributed by atoms with Crippen LogP contribution in [-0.4, -0.2) is 5.78 Å². The van der Waals surface area contributed by atoms with E-state index in [4.69, 9.17) is 0 Å². The van der Waals surface area contributed by atoms with Gasteiger partial charge in [0.2, 0.25) is 0 Å². The van der Waals surface area contributed by atoms with Crippen molar-refractivity contribution in [2.24, 2.45) is 0 Å². The van der Waals surface area contributed by atoms with Crippen molar-refractivity contribution in [1.29, 1.82) is 0 Å². The molecule has 0 bridgehead atoms. The second kappa shape index (κ2) is 5.91. The number of hydrogen-bond donors (Lipinski definition) is 0. The number of hydrogen-bond acceptors (Lipinski definition) is 1. The van der Waals surface area contributed by atoms with Crippen LogP contribution in [0.4, 0.5) is 4.39 Å². The van der Waals surface area contributed by atoms with Gasteiger partial charge in [0.1, 0.15) is 5.82 Å². The Labute approximate surface area is 114 Å². The molecule has 0 aromatic heterocycles. The standard InChI is InChI=1S/C15H12BrFO/c16-12-7-8-13(14(17)10-12)15(18)9-6-11-4-2-1-3-5-11/h1-5,7-8,10H,6,9H2. The van der Waals surface area contributed by atoms with Crippen LogP contribution in [0.1, 0.15) is 22.3 Å². The predicted molar refractivity (Wildman–Crippen MR) is 73.2 cm³/mol. The van der Waals surface area contributed by atoms with Crippen molar-refractivity contribution in [3.63, 3.8) is 0 Å². The molecule has 0 saturated carbocycles. The molecular formula is C15H12BrFO. The first-order chi connectivity index (χ1) is 8.66. The minimum absolute atomic E-state index is 0.161. The Morgan fingerprint density at radius 2 is 1.83 bits per heavy atom. The number of carbonyl (C=O) groups excluding carboxylic acids is 1. The fraction of sp³-hybridized carbons (Fsp3) is 0.133. The molecule has 0 fully saturated rings. The monoisotopic (exact) mass is 306 g/mol. The van der Waals surface area contributed by atoms with Gasteiger partial charge in [0.15, 0.2) is 5.78 Å². The molecule has 0 atom stereocenters. The fourth-order valence-electron chi connectivity index (χ4n) is 1.75. The summed E-state index contributed by atoms with van der Waals surface area (Å²) >= 11 is 3.17. The van der Waals surface area contributed by atoms with E-state index in [9.17, 15) is 9.18 Å². The summed E-state index contributed by atoms with van der Waals surface area (Å²) in [5.41, 5.74) is 1.25. The number of rotatable bonds is 4. The van der Waals surface area contributed by atoms with Crippen LogP contribution in [0.2, 0.25) is 0 Å². The van der Waals surface area contributed by atoms with Gasteiger partial charge in [0.25, 0.3) is 0 Å². The lowest BCUT2D eigenvalue weighted by atomic mass is 10.0. The first kappa shape index (κ1) is 13.0. The largest absolute Gasteiger partial charge is 0.294 e. The van der Waals surface area contributed by atoms with E-state index in [0.29, 0.717) is 17.3 Å². The highest BCUT2D eigenvalue weighted by Crippen LogP contribution is 2.17. The molecule has 92 valence electrons. The zero-order chi connectivity index (χ0) is 13.0. The Kier molecular flexibility index (Phi) is 4.26. The molecule has 0 heterocycles. The van der Waals surface area contributed by atoms with Crippen LogP contribution in [0, 0.1) is 5.82 Å². The summed E-state index contributed by atoms with van der Waals surface area (Å²) in [7, 11) is 0. The second-order valence-electron chi connectivity index (χ2n) is 4.03. The van der Waals surface area contributed by atoms with Crippen molar-refractivity contribution in [2.75, 3.05) is 0 Å². The SMILES string of the molecule is O=C(CCc1ccccc1)c1ccc(Br)cc1F. The van der Waals surface area contributed by atoms with Crippen LogP contribution in [0.25, 0.3) is 0 Å². The van der Waals surface area contributed by atoms with Gasteiger partial charge in [-0.15, -0.1) is 0 Å². The molecule has 0 unspecified atom stereocenters. The fourth-order valence-corrected chi connectivity index (χ4v) is 2.09. The average Bonchev–Trinajstić information content (AvgIpc) is 2.37. The molecule has 0 spiro atoms. The lowest BCUT2D eigenvalue weighted by Crippen LogP contribution is -2.04. The highest BCUT2D eigenvalue weighted by atomic mass is 79.9. The van der Waals surface area contributed by atoms with Crippen molar-refractivity contribution in [2.45, 2.75) is 12.8 Å². The van der Waals surface area contributed by atoms with Gasteiger partial charge in [-0.25, -0.2) is 4.39 Å². The predicted octanol–water partition coefficient (Wildman–Crippen LogP) is 4.40. The van der Waals surface area contributed by atoms with Crippen molar-refractivity contribution < 1.29 is 9.18 Å². The van der Waals surface area contributed by atoms with E-state index in [-0.39, 0.29) is 11.3 Å². The maximum absolute atomic E-state index is 13.6. The summed E-state index contributed by atoms with van der Waals surface area (Å²) in [4.78, 5) is 11.9. The summed E-state index contributed by atoms with van der Waals surface area (Å²) in [6.07, 6.45) is 0.956. The lowest BCUT2D eigenvalue weighted by molar-refractivity contribution is 0.0979. The topological polar surface area (TPSA) is 17.1 Å². The third kappa shape index (κ3) is 3.26. The first-order valence-corrected chi connectivity index (χ1v) is 6.48. The maximum Gasteiger partial charge on any atom is 0.166 e. The number of benzene rings is 2. The molecule has 18 heavy (non-hydrogen) atoms. The van der Waals surface area contributed by atoms with E-state index in [2.05, 4.69) is 15.9 Å². The van der Waals surface area contributed by atoms with Crippen LogP contribution in [0.3, 0.4) is 0 Å². The third-order valence-corrected chi connectivity index (χ3v) is 3.21. The van der Waals surface area contributed by atoms with Gasteiger partial charge in [-0.2, -0.15) is 0 Å². The van der Waals surface area contributed by atoms with Gasteiger partial charge in [-0.1, -0.05) is 46.3 Å². The molecule has 2 rings (SSSR count). The van der Waals surface area contributed by atoms with E-state index in [1.54, 1.807) is 6.07 Å². The van der Waals surface area contributed by atoms with E-state index < -0.39 is 5.82 Å². The summed E-state index contributed by atoms with van der Waals surface area (Å²) in [6, 6.07) is 14.2. The van der Waals surface area contributed by atoms with Gasteiger partial charge < -0.3 is 0 Å². The van der Waals surface area contributed by atoms with E-state index in [0.717, 1.165) is 5.56 Å².